The SMILES string of the molecule is Cc1cccc(NC(=O)c2cc(-c3ccccc3C)nc3ccccc23)c1. The average Bonchev–Trinajstić information content (AvgIpc) is 2.67. The third-order valence-corrected chi connectivity index (χ3v) is 4.66. The molecule has 0 aliphatic carbocycles. The summed E-state index contributed by atoms with van der Waals surface area (Å²) in [5.41, 5.74) is 6.30. The van der Waals surface area contributed by atoms with E-state index in [1.807, 2.05) is 79.7 Å². The first-order chi connectivity index (χ1) is 13.1. The number of benzene rings is 3. The minimum Gasteiger partial charge on any atom is -0.322 e. The van der Waals surface area contributed by atoms with Gasteiger partial charge in [-0.15, -0.1) is 0 Å². The average molecular weight is 352 g/mol. The normalized spacial score (nSPS) is 10.7. The number of fused-ring (bicyclic) bond motifs is 1. The number of carbonyl (C=O) groups is 1. The third-order valence-electron chi connectivity index (χ3n) is 4.66. The van der Waals surface area contributed by atoms with Crippen molar-refractivity contribution in [2.75, 3.05) is 5.32 Å². The van der Waals surface area contributed by atoms with E-state index in [4.69, 9.17) is 4.98 Å². The Morgan fingerprint density at radius 3 is 2.44 bits per heavy atom. The van der Waals surface area contributed by atoms with Crippen LogP contribution >= 0.6 is 0 Å². The van der Waals surface area contributed by atoms with Gasteiger partial charge < -0.3 is 5.32 Å². The standard InChI is InChI=1S/C24H20N2O/c1-16-8-7-10-18(14-16)25-24(27)21-15-23(19-11-4-3-9-17(19)2)26-22-13-6-5-12-20(21)22/h3-15H,1-2H3,(H,25,27). The van der Waals surface area contributed by atoms with Gasteiger partial charge in [-0.25, -0.2) is 4.98 Å². The molecule has 132 valence electrons. The maximum absolute atomic E-state index is 13.1. The molecule has 0 spiro atoms. The Balaban J connectivity index is 1.83. The molecule has 4 aromatic rings. The molecule has 4 rings (SSSR count). The largest absolute Gasteiger partial charge is 0.322 e. The number of nitrogens with zero attached hydrogens (tertiary/aromatic N) is 1. The van der Waals surface area contributed by atoms with E-state index in [1.165, 1.54) is 0 Å². The molecule has 0 atom stereocenters. The fourth-order valence-corrected chi connectivity index (χ4v) is 3.28. The topological polar surface area (TPSA) is 42.0 Å². The first-order valence-electron chi connectivity index (χ1n) is 8.95. The zero-order chi connectivity index (χ0) is 18.8. The summed E-state index contributed by atoms with van der Waals surface area (Å²) in [5, 5.41) is 3.86. The fourth-order valence-electron chi connectivity index (χ4n) is 3.28. The number of hydrogen-bond donors (Lipinski definition) is 1. The number of amides is 1. The summed E-state index contributed by atoms with van der Waals surface area (Å²) < 4.78 is 0. The maximum Gasteiger partial charge on any atom is 0.256 e. The number of carbonyl (C=O) groups excluding carboxylic acids is 1. The molecule has 0 aliphatic heterocycles. The quantitative estimate of drug-likeness (QED) is 0.508. The highest BCUT2D eigenvalue weighted by Gasteiger charge is 2.15. The molecule has 27 heavy (non-hydrogen) atoms. The number of aromatic nitrogens is 1. The molecule has 0 saturated heterocycles. The predicted octanol–water partition coefficient (Wildman–Crippen LogP) is 5.77. The number of para-hydroxylation sites is 1. The van der Waals surface area contributed by atoms with Crippen LogP contribution in [0.5, 0.6) is 0 Å². The molecular weight excluding hydrogens is 332 g/mol. The Hall–Kier alpha value is -3.46. The van der Waals surface area contributed by atoms with E-state index in [0.29, 0.717) is 5.56 Å². The van der Waals surface area contributed by atoms with Crippen LogP contribution in [0.15, 0.2) is 78.9 Å². The molecule has 3 heteroatoms. The number of rotatable bonds is 3. The van der Waals surface area contributed by atoms with Gasteiger partial charge in [-0.2, -0.15) is 0 Å². The van der Waals surface area contributed by atoms with Crippen LogP contribution in [0.2, 0.25) is 0 Å². The molecule has 0 saturated carbocycles. The summed E-state index contributed by atoms with van der Waals surface area (Å²) in [6.45, 7) is 4.06. The Labute approximate surface area is 158 Å². The summed E-state index contributed by atoms with van der Waals surface area (Å²) in [6.07, 6.45) is 0. The van der Waals surface area contributed by atoms with Crippen LogP contribution in [0.3, 0.4) is 0 Å². The molecule has 0 aliphatic rings. The summed E-state index contributed by atoms with van der Waals surface area (Å²) in [6, 6.07) is 25.5. The second-order valence-electron chi connectivity index (χ2n) is 6.71. The maximum atomic E-state index is 13.1. The molecule has 1 N–H and O–H groups in total. The van der Waals surface area contributed by atoms with E-state index in [0.717, 1.165) is 39.0 Å². The molecule has 1 aromatic heterocycles. The van der Waals surface area contributed by atoms with E-state index < -0.39 is 0 Å². The second kappa shape index (κ2) is 7.04. The van der Waals surface area contributed by atoms with Gasteiger partial charge >= 0.3 is 0 Å². The van der Waals surface area contributed by atoms with Crippen molar-refractivity contribution in [3.63, 3.8) is 0 Å². The second-order valence-corrected chi connectivity index (χ2v) is 6.71. The van der Waals surface area contributed by atoms with Crippen LogP contribution in [-0.4, -0.2) is 10.9 Å². The summed E-state index contributed by atoms with van der Waals surface area (Å²) >= 11 is 0. The van der Waals surface area contributed by atoms with Crippen molar-refractivity contribution in [3.05, 3.63) is 95.6 Å². The highest BCUT2D eigenvalue weighted by atomic mass is 16.1. The molecule has 1 amide bonds. The van der Waals surface area contributed by atoms with Crippen molar-refractivity contribution in [2.45, 2.75) is 13.8 Å². The van der Waals surface area contributed by atoms with Gasteiger partial charge in [-0.05, 0) is 49.2 Å². The summed E-state index contributed by atoms with van der Waals surface area (Å²) in [4.78, 5) is 17.9. The highest BCUT2D eigenvalue weighted by Crippen LogP contribution is 2.27. The Kier molecular flexibility index (Phi) is 4.43. The van der Waals surface area contributed by atoms with Crippen LogP contribution in [0.25, 0.3) is 22.2 Å². The zero-order valence-electron chi connectivity index (χ0n) is 15.4. The Morgan fingerprint density at radius 2 is 1.63 bits per heavy atom. The van der Waals surface area contributed by atoms with Crippen LogP contribution in [0, 0.1) is 13.8 Å². The van der Waals surface area contributed by atoms with Crippen molar-refractivity contribution < 1.29 is 4.79 Å². The highest BCUT2D eigenvalue weighted by molar-refractivity contribution is 6.13. The molecule has 3 nitrogen and oxygen atoms in total. The lowest BCUT2D eigenvalue weighted by Gasteiger charge is -2.12. The van der Waals surface area contributed by atoms with E-state index in [9.17, 15) is 4.79 Å². The lowest BCUT2D eigenvalue weighted by atomic mass is 10.0. The van der Waals surface area contributed by atoms with Crippen molar-refractivity contribution in [1.82, 2.24) is 4.98 Å². The van der Waals surface area contributed by atoms with Crippen LogP contribution < -0.4 is 5.32 Å². The molecule has 1 heterocycles. The minimum atomic E-state index is -0.131. The number of nitrogens with one attached hydrogen (secondary N) is 1. The summed E-state index contributed by atoms with van der Waals surface area (Å²) in [7, 11) is 0. The Bertz CT molecular complexity index is 1150. The lowest BCUT2D eigenvalue weighted by molar-refractivity contribution is 0.102. The van der Waals surface area contributed by atoms with Gasteiger partial charge in [0.15, 0.2) is 0 Å². The minimum absolute atomic E-state index is 0.131. The monoisotopic (exact) mass is 352 g/mol. The van der Waals surface area contributed by atoms with Gasteiger partial charge in [0, 0.05) is 16.6 Å². The van der Waals surface area contributed by atoms with Crippen molar-refractivity contribution >= 4 is 22.5 Å². The van der Waals surface area contributed by atoms with Crippen molar-refractivity contribution in [2.24, 2.45) is 0 Å². The number of anilines is 1. The Morgan fingerprint density at radius 1 is 0.852 bits per heavy atom. The van der Waals surface area contributed by atoms with Gasteiger partial charge in [0.25, 0.3) is 5.91 Å². The van der Waals surface area contributed by atoms with Gasteiger partial charge in [0.2, 0.25) is 0 Å². The van der Waals surface area contributed by atoms with Gasteiger partial charge in [-0.1, -0.05) is 54.6 Å². The molecule has 0 unspecified atom stereocenters. The van der Waals surface area contributed by atoms with Gasteiger partial charge in [0.05, 0.1) is 16.8 Å². The smallest absolute Gasteiger partial charge is 0.256 e. The molecular formula is C24H20N2O. The lowest BCUT2D eigenvalue weighted by Crippen LogP contribution is -2.13. The van der Waals surface area contributed by atoms with Crippen molar-refractivity contribution in [1.29, 1.82) is 0 Å². The molecule has 0 bridgehead atoms. The van der Waals surface area contributed by atoms with Crippen molar-refractivity contribution in [3.8, 4) is 11.3 Å². The molecule has 0 fully saturated rings. The van der Waals surface area contributed by atoms with E-state index in [2.05, 4.69) is 18.3 Å². The van der Waals surface area contributed by atoms with Gasteiger partial charge in [-0.3, -0.25) is 4.79 Å². The number of aryl methyl sites for hydroxylation is 2. The molecule has 0 radical (unpaired) electrons. The fraction of sp³-hybridized carbons (Fsp3) is 0.0833. The molecule has 3 aromatic carbocycles. The van der Waals surface area contributed by atoms with E-state index in [-0.39, 0.29) is 5.91 Å². The first kappa shape index (κ1) is 17.0. The zero-order valence-corrected chi connectivity index (χ0v) is 15.4. The van der Waals surface area contributed by atoms with Crippen LogP contribution in [-0.2, 0) is 0 Å². The van der Waals surface area contributed by atoms with Crippen LogP contribution in [0.4, 0.5) is 5.69 Å². The predicted molar refractivity (Wildman–Crippen MR) is 111 cm³/mol. The summed E-state index contributed by atoms with van der Waals surface area (Å²) in [5.74, 6) is -0.131. The van der Waals surface area contributed by atoms with E-state index >= 15 is 0 Å². The van der Waals surface area contributed by atoms with Gasteiger partial charge in [0.1, 0.15) is 0 Å². The first-order valence-corrected chi connectivity index (χ1v) is 8.95. The number of hydrogen-bond acceptors (Lipinski definition) is 2. The number of pyridine rings is 1. The van der Waals surface area contributed by atoms with Crippen LogP contribution in [0.1, 0.15) is 21.5 Å². The van der Waals surface area contributed by atoms with E-state index in [1.54, 1.807) is 0 Å². The third kappa shape index (κ3) is 3.44.